The summed E-state index contributed by atoms with van der Waals surface area (Å²) < 4.78 is 13.1. The second-order valence-corrected chi connectivity index (χ2v) is 5.04. The lowest BCUT2D eigenvalue weighted by atomic mass is 9.83. The Morgan fingerprint density at radius 2 is 2.00 bits per heavy atom. The molecule has 1 aromatic carbocycles. The average molecular weight is 231 g/mol. The minimum Gasteiger partial charge on any atom is -0.271 e. The molecule has 4 heteroatoms. The topological polar surface area (TPSA) is 38.0 Å². The van der Waals surface area contributed by atoms with Gasteiger partial charge in [-0.05, 0) is 29.2 Å². The molecule has 0 aromatic heterocycles. The van der Waals surface area contributed by atoms with Gasteiger partial charge in [-0.25, -0.2) is 4.39 Å². The predicted octanol–water partition coefficient (Wildman–Crippen LogP) is 3.03. The van der Waals surface area contributed by atoms with E-state index in [1.807, 2.05) is 20.8 Å². The number of hydrogen-bond acceptors (Lipinski definition) is 2. The van der Waals surface area contributed by atoms with Gasteiger partial charge in [0.2, 0.25) is 0 Å². The largest absolute Gasteiger partial charge is 0.271 e. The molecule has 0 aliphatic heterocycles. The van der Waals surface area contributed by atoms with Crippen LogP contribution in [0.3, 0.4) is 0 Å². The number of halogens is 2. The van der Waals surface area contributed by atoms with Crippen molar-refractivity contribution in [2.24, 2.45) is 11.3 Å². The molecule has 0 saturated heterocycles. The van der Waals surface area contributed by atoms with E-state index in [0.29, 0.717) is 10.6 Å². The van der Waals surface area contributed by atoms with Crippen molar-refractivity contribution >= 4 is 11.6 Å². The number of nitrogens with one attached hydrogen (secondary N) is 1. The van der Waals surface area contributed by atoms with Crippen molar-refractivity contribution in [1.82, 2.24) is 5.43 Å². The molecule has 0 saturated carbocycles. The molecule has 15 heavy (non-hydrogen) atoms. The second-order valence-electron chi connectivity index (χ2n) is 4.63. The van der Waals surface area contributed by atoms with Gasteiger partial charge in [0.15, 0.2) is 0 Å². The first kappa shape index (κ1) is 12.4. The Hall–Kier alpha value is -0.640. The molecule has 0 fully saturated rings. The van der Waals surface area contributed by atoms with Crippen LogP contribution >= 0.6 is 11.6 Å². The van der Waals surface area contributed by atoms with Gasteiger partial charge >= 0.3 is 0 Å². The van der Waals surface area contributed by atoms with Crippen LogP contribution in [0.25, 0.3) is 0 Å². The predicted molar refractivity (Wildman–Crippen MR) is 60.9 cm³/mol. The molecule has 0 aliphatic carbocycles. The Bertz CT molecular complexity index is 347. The van der Waals surface area contributed by atoms with Gasteiger partial charge < -0.3 is 0 Å². The van der Waals surface area contributed by atoms with E-state index in [4.69, 9.17) is 17.4 Å². The van der Waals surface area contributed by atoms with Crippen LogP contribution in [0.5, 0.6) is 0 Å². The molecule has 1 aromatic rings. The molecular formula is C11H16ClFN2. The Balaban J connectivity index is 3.18. The van der Waals surface area contributed by atoms with Crippen LogP contribution in [0.1, 0.15) is 32.4 Å². The van der Waals surface area contributed by atoms with Gasteiger partial charge in [-0.2, -0.15) is 0 Å². The number of nitrogens with two attached hydrogens (primary N) is 1. The molecule has 0 amide bonds. The summed E-state index contributed by atoms with van der Waals surface area (Å²) in [7, 11) is 0. The van der Waals surface area contributed by atoms with Gasteiger partial charge in [-0.15, -0.1) is 0 Å². The van der Waals surface area contributed by atoms with Crippen LogP contribution in [0.15, 0.2) is 18.2 Å². The van der Waals surface area contributed by atoms with E-state index in [0.717, 1.165) is 0 Å². The molecule has 0 heterocycles. The van der Waals surface area contributed by atoms with Crippen LogP contribution in [0, 0.1) is 11.2 Å². The van der Waals surface area contributed by atoms with Gasteiger partial charge in [0.05, 0.1) is 6.04 Å². The van der Waals surface area contributed by atoms with Crippen molar-refractivity contribution in [3.8, 4) is 0 Å². The van der Waals surface area contributed by atoms with Gasteiger partial charge in [0, 0.05) is 5.02 Å². The van der Waals surface area contributed by atoms with Crippen molar-refractivity contribution in [3.63, 3.8) is 0 Å². The van der Waals surface area contributed by atoms with Gasteiger partial charge in [0.25, 0.3) is 0 Å². The summed E-state index contributed by atoms with van der Waals surface area (Å²) in [6.07, 6.45) is 0. The zero-order valence-corrected chi connectivity index (χ0v) is 9.90. The van der Waals surface area contributed by atoms with Crippen molar-refractivity contribution in [3.05, 3.63) is 34.6 Å². The van der Waals surface area contributed by atoms with Crippen LogP contribution in [-0.4, -0.2) is 0 Å². The first-order valence-electron chi connectivity index (χ1n) is 4.77. The summed E-state index contributed by atoms with van der Waals surface area (Å²) >= 11 is 6.01. The smallest absolute Gasteiger partial charge is 0.123 e. The normalized spacial score (nSPS) is 14.0. The molecule has 1 atom stereocenters. The van der Waals surface area contributed by atoms with E-state index < -0.39 is 0 Å². The fourth-order valence-electron chi connectivity index (χ4n) is 1.54. The van der Waals surface area contributed by atoms with Crippen LogP contribution in [0.4, 0.5) is 4.39 Å². The third-order valence-electron chi connectivity index (χ3n) is 2.30. The highest BCUT2D eigenvalue weighted by Crippen LogP contribution is 2.35. The van der Waals surface area contributed by atoms with Crippen LogP contribution in [0.2, 0.25) is 5.02 Å². The van der Waals surface area contributed by atoms with E-state index in [1.165, 1.54) is 12.1 Å². The zero-order valence-electron chi connectivity index (χ0n) is 9.14. The third-order valence-corrected chi connectivity index (χ3v) is 2.65. The lowest BCUT2D eigenvalue weighted by Crippen LogP contribution is -2.37. The molecule has 1 rings (SSSR count). The number of hydrogen-bond donors (Lipinski definition) is 2. The quantitative estimate of drug-likeness (QED) is 0.606. The van der Waals surface area contributed by atoms with Crippen LogP contribution < -0.4 is 11.3 Å². The fraction of sp³-hybridized carbons (Fsp3) is 0.455. The summed E-state index contributed by atoms with van der Waals surface area (Å²) in [4.78, 5) is 0. The minimum atomic E-state index is -0.307. The Morgan fingerprint density at radius 1 is 1.40 bits per heavy atom. The van der Waals surface area contributed by atoms with Crippen molar-refractivity contribution in [2.75, 3.05) is 0 Å². The highest BCUT2D eigenvalue weighted by atomic mass is 35.5. The average Bonchev–Trinajstić information content (AvgIpc) is 2.10. The number of hydrazine groups is 1. The maximum Gasteiger partial charge on any atom is 0.123 e. The minimum absolute atomic E-state index is 0.133. The van der Waals surface area contributed by atoms with E-state index in [1.54, 1.807) is 6.07 Å². The maximum atomic E-state index is 13.1. The maximum absolute atomic E-state index is 13.1. The SMILES string of the molecule is CC(C)(C)C(NN)c1cc(F)ccc1Cl. The number of benzene rings is 1. The van der Waals surface area contributed by atoms with Gasteiger partial charge in [-0.3, -0.25) is 11.3 Å². The fourth-order valence-corrected chi connectivity index (χ4v) is 1.77. The second kappa shape index (κ2) is 4.47. The lowest BCUT2D eigenvalue weighted by molar-refractivity contribution is 0.275. The molecular weight excluding hydrogens is 215 g/mol. The molecule has 0 aliphatic rings. The van der Waals surface area contributed by atoms with Crippen molar-refractivity contribution < 1.29 is 4.39 Å². The molecule has 0 radical (unpaired) electrons. The van der Waals surface area contributed by atoms with Gasteiger partial charge in [0.1, 0.15) is 5.82 Å². The van der Waals surface area contributed by atoms with Crippen molar-refractivity contribution in [1.29, 1.82) is 0 Å². The standard InChI is InChI=1S/C11H16ClFN2/c1-11(2,3)10(15-14)8-6-7(13)4-5-9(8)12/h4-6,10,15H,14H2,1-3H3. The zero-order chi connectivity index (χ0) is 11.6. The highest BCUT2D eigenvalue weighted by Gasteiger charge is 2.27. The van der Waals surface area contributed by atoms with E-state index in [-0.39, 0.29) is 17.3 Å². The van der Waals surface area contributed by atoms with E-state index in [2.05, 4.69) is 5.43 Å². The third kappa shape index (κ3) is 2.91. The molecule has 2 nitrogen and oxygen atoms in total. The van der Waals surface area contributed by atoms with E-state index in [9.17, 15) is 4.39 Å². The summed E-state index contributed by atoms with van der Waals surface area (Å²) in [6.45, 7) is 6.04. The van der Waals surface area contributed by atoms with E-state index >= 15 is 0 Å². The molecule has 0 spiro atoms. The Kier molecular flexibility index (Phi) is 3.71. The first-order chi connectivity index (χ1) is 6.86. The van der Waals surface area contributed by atoms with Gasteiger partial charge in [-0.1, -0.05) is 32.4 Å². The molecule has 3 N–H and O–H groups in total. The Labute approximate surface area is 94.6 Å². The Morgan fingerprint density at radius 3 is 2.47 bits per heavy atom. The number of rotatable bonds is 2. The lowest BCUT2D eigenvalue weighted by Gasteiger charge is -2.31. The first-order valence-corrected chi connectivity index (χ1v) is 5.15. The van der Waals surface area contributed by atoms with Crippen molar-refractivity contribution in [2.45, 2.75) is 26.8 Å². The van der Waals surface area contributed by atoms with Crippen LogP contribution in [-0.2, 0) is 0 Å². The monoisotopic (exact) mass is 230 g/mol. The highest BCUT2D eigenvalue weighted by molar-refractivity contribution is 6.31. The summed E-state index contributed by atoms with van der Waals surface area (Å²) in [5, 5.41) is 0.522. The molecule has 0 bridgehead atoms. The molecule has 84 valence electrons. The summed E-state index contributed by atoms with van der Waals surface area (Å²) in [6, 6.07) is 4.11. The summed E-state index contributed by atoms with van der Waals surface area (Å²) in [5.41, 5.74) is 3.23. The molecule has 1 unspecified atom stereocenters. The summed E-state index contributed by atoms with van der Waals surface area (Å²) in [5.74, 6) is 5.17.